The predicted octanol–water partition coefficient (Wildman–Crippen LogP) is -0.0547. The molecule has 0 aliphatic carbocycles. The van der Waals surface area contributed by atoms with Crippen LogP contribution in [0.1, 0.15) is 51.3 Å². The zero-order chi connectivity index (χ0) is 42.1. The van der Waals surface area contributed by atoms with Crippen molar-refractivity contribution in [3.05, 3.63) is 53.2 Å². The molecule has 0 spiro atoms. The van der Waals surface area contributed by atoms with Crippen molar-refractivity contribution >= 4 is 62.7 Å². The van der Waals surface area contributed by atoms with Crippen molar-refractivity contribution < 1.29 is 60.8 Å². The SMILES string of the molecule is CC1(C)[C@H](NC(=O)/C(=N\O[C@](C)(C(=O)O)[C@H]2CCc3cc(-c4ccc(NCCCN)[n+](CCCN)c4)ccc3O2)c2csc(N)n2)C(=O)N1OS(=O)(=O)[O-].O=CO. The average molecular weight is 836 g/mol. The van der Waals surface area contributed by atoms with Gasteiger partial charge in [0.15, 0.2) is 16.9 Å². The molecule has 3 atom stereocenters. The molecule has 4 heterocycles. The van der Waals surface area contributed by atoms with Crippen LogP contribution in [0.2, 0.25) is 0 Å². The minimum atomic E-state index is -5.28. The number of hydrogen-bond acceptors (Lipinski definition) is 17. The quantitative estimate of drug-likeness (QED) is 0.0137. The molecule has 0 unspecified atom stereocenters. The van der Waals surface area contributed by atoms with E-state index in [4.69, 9.17) is 36.7 Å². The summed E-state index contributed by atoms with van der Waals surface area (Å²) >= 11 is 0.963. The predicted molar refractivity (Wildman–Crippen MR) is 203 cm³/mol. The molecule has 1 fully saturated rings. The molecule has 0 saturated carbocycles. The van der Waals surface area contributed by atoms with Crippen molar-refractivity contribution in [2.45, 2.75) is 76.3 Å². The molecule has 23 heteroatoms. The van der Waals surface area contributed by atoms with E-state index in [0.29, 0.717) is 30.3 Å². The number of rotatable bonds is 17. The maximum absolute atomic E-state index is 13.5. The number of thiazole rings is 1. The number of hydrogen-bond donors (Lipinski definition) is 7. The number of hydroxylamine groups is 2. The molecule has 1 saturated heterocycles. The van der Waals surface area contributed by atoms with E-state index in [1.165, 1.54) is 26.2 Å². The second-order valence-electron chi connectivity index (χ2n) is 13.5. The number of anilines is 2. The molecule has 10 N–H and O–H groups in total. The van der Waals surface area contributed by atoms with E-state index < -0.39 is 57.2 Å². The van der Waals surface area contributed by atoms with Crippen LogP contribution in [-0.4, -0.2) is 106 Å². The van der Waals surface area contributed by atoms with Gasteiger partial charge in [-0.2, -0.15) is 9.35 Å². The van der Waals surface area contributed by atoms with Crippen LogP contribution in [0.15, 0.2) is 47.1 Å². The van der Waals surface area contributed by atoms with Gasteiger partial charge in [-0.15, -0.1) is 11.3 Å². The highest BCUT2D eigenvalue weighted by molar-refractivity contribution is 7.80. The third kappa shape index (κ3) is 10.5. The highest BCUT2D eigenvalue weighted by Gasteiger charge is 2.57. The van der Waals surface area contributed by atoms with Crippen LogP contribution in [0, 0.1) is 0 Å². The van der Waals surface area contributed by atoms with Crippen molar-refractivity contribution in [1.82, 2.24) is 15.4 Å². The van der Waals surface area contributed by atoms with Gasteiger partial charge in [0.05, 0.1) is 24.8 Å². The maximum Gasteiger partial charge on any atom is 0.354 e. The lowest BCUT2D eigenvalue weighted by Crippen LogP contribution is -2.76. The fourth-order valence-corrected chi connectivity index (χ4v) is 6.99. The minimum absolute atomic E-state index is 0.0545. The molecule has 3 aromatic rings. The number of carbonyl (C=O) groups excluding carboxylic acids is 2. The van der Waals surface area contributed by atoms with E-state index in [2.05, 4.69) is 29.6 Å². The van der Waals surface area contributed by atoms with Crippen LogP contribution in [-0.2, 0) is 51.7 Å². The first kappa shape index (κ1) is 44.3. The Hall–Kier alpha value is -5.46. The summed E-state index contributed by atoms with van der Waals surface area (Å²) in [6.07, 6.45) is 3.26. The number of aromatic nitrogens is 2. The summed E-state index contributed by atoms with van der Waals surface area (Å²) in [6.45, 7) is 6.29. The topological polar surface area (TPSA) is 328 Å². The van der Waals surface area contributed by atoms with Crippen LogP contribution >= 0.6 is 11.3 Å². The van der Waals surface area contributed by atoms with E-state index in [-0.39, 0.29) is 23.7 Å². The summed E-state index contributed by atoms with van der Waals surface area (Å²) in [7, 11) is -5.28. The van der Waals surface area contributed by atoms with Gasteiger partial charge in [0.2, 0.25) is 10.4 Å². The lowest BCUT2D eigenvalue weighted by atomic mass is 9.84. The molecule has 1 aromatic carbocycles. The number of benzene rings is 1. The Bertz CT molecular complexity index is 2100. The molecule has 2 amide bonds. The van der Waals surface area contributed by atoms with Gasteiger partial charge in [-0.25, -0.2) is 22.8 Å². The van der Waals surface area contributed by atoms with Crippen LogP contribution in [0.25, 0.3) is 11.1 Å². The van der Waals surface area contributed by atoms with E-state index in [1.807, 2.05) is 30.5 Å². The molecule has 5 rings (SSSR count). The van der Waals surface area contributed by atoms with E-state index in [1.54, 1.807) is 6.07 Å². The maximum atomic E-state index is 13.5. The summed E-state index contributed by atoms with van der Waals surface area (Å²) in [5.41, 5.74) is 15.8. The number of nitrogens with one attached hydrogen (secondary N) is 2. The summed E-state index contributed by atoms with van der Waals surface area (Å²) in [5.74, 6) is -2.09. The number of amides is 2. The smallest absolute Gasteiger partial charge is 0.354 e. The molecule has 57 heavy (non-hydrogen) atoms. The number of aliphatic carboxylic acids is 1. The number of ether oxygens (including phenoxy) is 1. The fraction of sp³-hybridized carbons (Fsp3) is 0.441. The van der Waals surface area contributed by atoms with E-state index in [0.717, 1.165) is 59.8 Å². The normalized spacial score (nSPS) is 18.4. The molecular formula is C34H45N9O12S2. The van der Waals surface area contributed by atoms with Gasteiger partial charge in [0, 0.05) is 17.0 Å². The zero-order valence-corrected chi connectivity index (χ0v) is 32.9. The molecule has 0 radical (unpaired) electrons. The highest BCUT2D eigenvalue weighted by atomic mass is 32.3. The molecule has 2 aliphatic heterocycles. The second kappa shape index (κ2) is 18.7. The Morgan fingerprint density at radius 1 is 1.23 bits per heavy atom. The Morgan fingerprint density at radius 3 is 2.51 bits per heavy atom. The number of carboxylic acid groups (broad SMARTS) is 2. The monoisotopic (exact) mass is 835 g/mol. The van der Waals surface area contributed by atoms with Gasteiger partial charge in [-0.3, -0.25) is 19.7 Å². The third-order valence-electron chi connectivity index (χ3n) is 9.12. The third-order valence-corrected chi connectivity index (χ3v) is 10.1. The largest absolute Gasteiger partial charge is 0.724 e. The molecule has 310 valence electrons. The van der Waals surface area contributed by atoms with Crippen LogP contribution in [0.5, 0.6) is 5.75 Å². The van der Waals surface area contributed by atoms with Crippen LogP contribution in [0.3, 0.4) is 0 Å². The highest BCUT2D eigenvalue weighted by Crippen LogP contribution is 2.37. The van der Waals surface area contributed by atoms with Crippen molar-refractivity contribution in [1.29, 1.82) is 0 Å². The minimum Gasteiger partial charge on any atom is -0.724 e. The summed E-state index contributed by atoms with van der Waals surface area (Å²) in [5, 5.41) is 28.8. The van der Waals surface area contributed by atoms with Gasteiger partial charge >= 0.3 is 5.97 Å². The Labute approximate surface area is 331 Å². The van der Waals surface area contributed by atoms with Crippen molar-refractivity contribution in [2.75, 3.05) is 30.7 Å². The van der Waals surface area contributed by atoms with Crippen molar-refractivity contribution in [2.24, 2.45) is 16.6 Å². The number of β-lactam (4-membered cyclic amide) rings is 1. The Morgan fingerprint density at radius 2 is 1.91 bits per heavy atom. The first-order chi connectivity index (χ1) is 26.9. The van der Waals surface area contributed by atoms with Gasteiger partial charge in [0.1, 0.15) is 17.5 Å². The number of nitrogen functional groups attached to an aromatic ring is 1. The number of nitrogens with two attached hydrogens (primary N) is 3. The van der Waals surface area contributed by atoms with Gasteiger partial charge in [-0.1, -0.05) is 11.2 Å². The Kier molecular flexibility index (Phi) is 14.5. The first-order valence-electron chi connectivity index (χ1n) is 17.5. The van der Waals surface area contributed by atoms with Crippen molar-refractivity contribution in [3.8, 4) is 16.9 Å². The zero-order valence-electron chi connectivity index (χ0n) is 31.2. The Balaban J connectivity index is 0.00000232. The lowest BCUT2D eigenvalue weighted by Gasteiger charge is -2.51. The number of pyridine rings is 1. The van der Waals surface area contributed by atoms with E-state index >= 15 is 0 Å². The number of aryl methyl sites for hydroxylation is 2. The van der Waals surface area contributed by atoms with Gasteiger partial charge in [-0.05, 0) is 88.9 Å². The van der Waals surface area contributed by atoms with Crippen LogP contribution in [0.4, 0.5) is 10.9 Å². The standard InChI is InChI=1S/C33H43N9O10S2.CH2O2/c1-32(2)27(29(44)42(32)52-54(47,48)49)39-28(43)26(22-18-53-31(36)38-22)40-51-33(3,30(45)46)24-10-7-20-16-19(6-9-23(20)50-24)21-8-11-25(37-14-4-12-34)41(17-21)15-5-13-35;2-1-3/h6,8-9,11,16-18,24,27H,4-5,7,10,12-15,34-35H2,1-3H3,(H5,36,38,39,43,45,46,47,48,49);1H,(H,2,3)/b40-26-;/t24-,27-,33+;/m1./s1. The lowest BCUT2D eigenvalue weighted by molar-refractivity contribution is -0.682. The molecule has 0 bridgehead atoms. The van der Waals surface area contributed by atoms with Crippen molar-refractivity contribution in [3.63, 3.8) is 0 Å². The van der Waals surface area contributed by atoms with E-state index in [9.17, 15) is 32.5 Å². The summed E-state index contributed by atoms with van der Waals surface area (Å²) < 4.78 is 45.8. The van der Waals surface area contributed by atoms with Gasteiger partial charge in [0.25, 0.3) is 29.7 Å². The number of fused-ring (bicyclic) bond motifs is 1. The summed E-state index contributed by atoms with van der Waals surface area (Å²) in [6, 6.07) is 8.28. The fourth-order valence-electron chi connectivity index (χ4n) is 5.99. The second-order valence-corrected chi connectivity index (χ2v) is 15.3. The van der Waals surface area contributed by atoms with Crippen LogP contribution < -0.4 is 37.1 Å². The number of carbonyl (C=O) groups is 4. The number of oxime groups is 1. The molecule has 21 nitrogen and oxygen atoms in total. The van der Waals surface area contributed by atoms with Gasteiger partial charge < -0.3 is 46.9 Å². The number of nitrogens with zero attached hydrogens (tertiary/aromatic N) is 4. The average Bonchev–Trinajstić information content (AvgIpc) is 3.60. The molecule has 2 aliphatic rings. The molecular weight excluding hydrogens is 791 g/mol. The molecule has 2 aromatic heterocycles. The summed E-state index contributed by atoms with van der Waals surface area (Å²) in [4.78, 5) is 57.0. The number of carboxylic acids is 1. The first-order valence-corrected chi connectivity index (χ1v) is 19.7.